The van der Waals surface area contributed by atoms with Gasteiger partial charge in [-0.1, -0.05) is 41.7 Å². The predicted molar refractivity (Wildman–Crippen MR) is 51.7 cm³/mol. The molecule has 0 aliphatic rings. The largest absolute Gasteiger partial charge is 0.478 e. The van der Waals surface area contributed by atoms with Crippen LogP contribution in [0.4, 0.5) is 0 Å². The van der Waals surface area contributed by atoms with Crippen molar-refractivity contribution in [3.05, 3.63) is 47.6 Å². The Morgan fingerprint density at radius 1 is 1.31 bits per heavy atom. The summed E-state index contributed by atoms with van der Waals surface area (Å²) in [6.45, 7) is 0.594. The number of rotatable bonds is 3. The van der Waals surface area contributed by atoms with Crippen molar-refractivity contribution >= 4 is 11.3 Å². The van der Waals surface area contributed by atoms with E-state index in [2.05, 4.69) is 10.5 Å². The lowest BCUT2D eigenvalue weighted by Crippen LogP contribution is -1.92. The quantitative estimate of drug-likeness (QED) is 0.742. The first kappa shape index (κ1) is 8.26. The molecule has 2 nitrogen and oxygen atoms in total. The summed E-state index contributed by atoms with van der Waals surface area (Å²) in [6.07, 6.45) is 1.67. The predicted octanol–water partition coefficient (Wildman–Crippen LogP) is 2.52. The van der Waals surface area contributed by atoms with Crippen LogP contribution in [0.15, 0.2) is 36.5 Å². The first-order valence-electron chi connectivity index (χ1n) is 3.94. The van der Waals surface area contributed by atoms with Crippen molar-refractivity contribution in [2.45, 2.75) is 6.61 Å². The van der Waals surface area contributed by atoms with Crippen molar-refractivity contribution in [3.63, 3.8) is 0 Å². The smallest absolute Gasteiger partial charge is 0.194 e. The molecule has 0 bridgehead atoms. The maximum Gasteiger partial charge on any atom is 0.194 e. The lowest BCUT2D eigenvalue weighted by molar-refractivity contribution is 0.315. The Hall–Kier alpha value is -1.35. The average molecular weight is 190 g/mol. The summed E-state index contributed by atoms with van der Waals surface area (Å²) in [5.74, 6) is 0. The zero-order chi connectivity index (χ0) is 8.93. The van der Waals surface area contributed by atoms with Crippen LogP contribution in [0.3, 0.4) is 0 Å². The van der Waals surface area contributed by atoms with Crippen molar-refractivity contribution in [2.75, 3.05) is 0 Å². The lowest BCUT2D eigenvalue weighted by atomic mass is 10.2. The summed E-state index contributed by atoms with van der Waals surface area (Å²) >= 11 is 1.38. The number of nitrogens with zero attached hydrogens (tertiary/aromatic N) is 1. The van der Waals surface area contributed by atoms with E-state index >= 15 is 0 Å². The standard InChI is InChI=1S/C10H8NOS/c1-2-4-9(5-3-1)7-12-10-6-11-8-13-10/h1-6H,7H2. The van der Waals surface area contributed by atoms with Gasteiger partial charge in [-0.3, -0.25) is 0 Å². The number of benzene rings is 1. The van der Waals surface area contributed by atoms with Gasteiger partial charge in [0.15, 0.2) is 10.6 Å². The SMILES string of the molecule is [c]1ncc(OCc2ccccc2)s1. The van der Waals surface area contributed by atoms with Crippen LogP contribution in [0, 0.1) is 5.51 Å². The summed E-state index contributed by atoms with van der Waals surface area (Å²) < 4.78 is 5.46. The summed E-state index contributed by atoms with van der Waals surface area (Å²) in [5, 5.41) is 0.809. The maximum absolute atomic E-state index is 5.46. The van der Waals surface area contributed by atoms with Crippen LogP contribution < -0.4 is 4.74 Å². The molecule has 1 aromatic heterocycles. The highest BCUT2D eigenvalue weighted by molar-refractivity contribution is 7.11. The molecular weight excluding hydrogens is 182 g/mol. The molecular formula is C10H8NOS. The zero-order valence-corrected chi connectivity index (χ0v) is 7.75. The van der Waals surface area contributed by atoms with Crippen LogP contribution in [0.25, 0.3) is 0 Å². The van der Waals surface area contributed by atoms with Crippen LogP contribution in [-0.4, -0.2) is 4.98 Å². The van der Waals surface area contributed by atoms with Crippen molar-refractivity contribution < 1.29 is 4.74 Å². The molecule has 13 heavy (non-hydrogen) atoms. The highest BCUT2D eigenvalue weighted by Gasteiger charge is 1.95. The highest BCUT2D eigenvalue weighted by Crippen LogP contribution is 2.16. The Bertz CT molecular complexity index is 344. The number of hydrogen-bond donors (Lipinski definition) is 0. The molecule has 0 N–H and O–H groups in total. The fourth-order valence-electron chi connectivity index (χ4n) is 0.972. The third kappa shape index (κ3) is 2.29. The Kier molecular flexibility index (Phi) is 2.57. The molecule has 0 aliphatic carbocycles. The van der Waals surface area contributed by atoms with Gasteiger partial charge in [0.25, 0.3) is 0 Å². The maximum atomic E-state index is 5.46. The zero-order valence-electron chi connectivity index (χ0n) is 6.93. The van der Waals surface area contributed by atoms with E-state index in [4.69, 9.17) is 4.74 Å². The lowest BCUT2D eigenvalue weighted by Gasteiger charge is -2.01. The molecule has 0 fully saturated rings. The molecule has 0 atom stereocenters. The Balaban J connectivity index is 1.94. The van der Waals surface area contributed by atoms with Gasteiger partial charge in [-0.2, -0.15) is 0 Å². The molecule has 2 aromatic rings. The topological polar surface area (TPSA) is 22.1 Å². The Labute approximate surface area is 80.8 Å². The molecule has 65 valence electrons. The molecule has 0 saturated heterocycles. The van der Waals surface area contributed by atoms with Crippen molar-refractivity contribution in [1.29, 1.82) is 0 Å². The number of thiazole rings is 1. The van der Waals surface area contributed by atoms with Gasteiger partial charge in [-0.15, -0.1) is 0 Å². The third-order valence-electron chi connectivity index (χ3n) is 1.59. The minimum absolute atomic E-state index is 0.594. The van der Waals surface area contributed by atoms with Crippen molar-refractivity contribution in [2.24, 2.45) is 0 Å². The van der Waals surface area contributed by atoms with Crippen LogP contribution in [0.5, 0.6) is 5.06 Å². The Morgan fingerprint density at radius 3 is 2.85 bits per heavy atom. The van der Waals surface area contributed by atoms with E-state index in [1.165, 1.54) is 11.3 Å². The molecule has 0 spiro atoms. The Morgan fingerprint density at radius 2 is 2.15 bits per heavy atom. The molecule has 3 heteroatoms. The molecule has 0 unspecified atom stereocenters. The van der Waals surface area contributed by atoms with Gasteiger partial charge in [-0.05, 0) is 5.56 Å². The summed E-state index contributed by atoms with van der Waals surface area (Å²) in [4.78, 5) is 3.80. The normalized spacial score (nSPS) is 9.85. The average Bonchev–Trinajstić information content (AvgIpc) is 2.69. The second kappa shape index (κ2) is 4.05. The van der Waals surface area contributed by atoms with E-state index in [-0.39, 0.29) is 0 Å². The molecule has 1 radical (unpaired) electrons. The van der Waals surface area contributed by atoms with E-state index in [9.17, 15) is 0 Å². The first-order valence-corrected chi connectivity index (χ1v) is 4.75. The fraction of sp³-hybridized carbons (Fsp3) is 0.100. The van der Waals surface area contributed by atoms with E-state index in [0.717, 1.165) is 10.6 Å². The number of ether oxygens (including phenoxy) is 1. The molecule has 0 amide bonds. The van der Waals surface area contributed by atoms with Gasteiger partial charge >= 0.3 is 0 Å². The highest BCUT2D eigenvalue weighted by atomic mass is 32.1. The van der Waals surface area contributed by atoms with Gasteiger partial charge < -0.3 is 4.74 Å². The van der Waals surface area contributed by atoms with E-state index in [0.29, 0.717) is 6.61 Å². The fourth-order valence-corrected chi connectivity index (χ4v) is 1.39. The van der Waals surface area contributed by atoms with Crippen LogP contribution in [-0.2, 0) is 6.61 Å². The van der Waals surface area contributed by atoms with Crippen molar-refractivity contribution in [3.8, 4) is 5.06 Å². The number of aromatic nitrogens is 1. The van der Waals surface area contributed by atoms with E-state index in [1.807, 2.05) is 30.3 Å². The minimum atomic E-state index is 0.594. The molecule has 1 aromatic carbocycles. The molecule has 0 saturated carbocycles. The molecule has 0 aliphatic heterocycles. The minimum Gasteiger partial charge on any atom is -0.478 e. The van der Waals surface area contributed by atoms with E-state index < -0.39 is 0 Å². The van der Waals surface area contributed by atoms with Gasteiger partial charge in [-0.25, -0.2) is 4.98 Å². The summed E-state index contributed by atoms with van der Waals surface area (Å²) in [5.41, 5.74) is 3.90. The van der Waals surface area contributed by atoms with Gasteiger partial charge in [0.05, 0.1) is 6.20 Å². The van der Waals surface area contributed by atoms with Gasteiger partial charge in [0.2, 0.25) is 0 Å². The second-order valence-corrected chi connectivity index (χ2v) is 3.33. The van der Waals surface area contributed by atoms with Gasteiger partial charge in [0.1, 0.15) is 6.61 Å². The van der Waals surface area contributed by atoms with Crippen molar-refractivity contribution in [1.82, 2.24) is 4.98 Å². The monoisotopic (exact) mass is 190 g/mol. The summed E-state index contributed by atoms with van der Waals surface area (Å²) in [7, 11) is 0. The summed E-state index contributed by atoms with van der Waals surface area (Å²) in [6, 6.07) is 10.1. The van der Waals surface area contributed by atoms with E-state index in [1.54, 1.807) is 6.20 Å². The van der Waals surface area contributed by atoms with Gasteiger partial charge in [0, 0.05) is 0 Å². The van der Waals surface area contributed by atoms with Crippen LogP contribution in [0.2, 0.25) is 0 Å². The molecule has 1 heterocycles. The molecule has 2 rings (SSSR count). The third-order valence-corrected chi connectivity index (χ3v) is 2.21. The first-order chi connectivity index (χ1) is 6.45. The van der Waals surface area contributed by atoms with Crippen LogP contribution in [0.1, 0.15) is 5.56 Å². The second-order valence-electron chi connectivity index (χ2n) is 2.54. The van der Waals surface area contributed by atoms with Crippen LogP contribution >= 0.6 is 11.3 Å². The number of hydrogen-bond acceptors (Lipinski definition) is 3.